The molecule has 0 bridgehead atoms. The molecule has 0 aliphatic carbocycles. The van der Waals surface area contributed by atoms with Crippen molar-refractivity contribution in [1.29, 1.82) is 0 Å². The normalized spacial score (nSPS) is 10.4. The van der Waals surface area contributed by atoms with Gasteiger partial charge in [0.05, 0.1) is 11.3 Å². The van der Waals surface area contributed by atoms with E-state index < -0.39 is 23.1 Å². The number of para-hydroxylation sites is 1. The molecule has 0 spiro atoms. The molecule has 110 valence electrons. The van der Waals surface area contributed by atoms with Crippen molar-refractivity contribution >= 4 is 17.3 Å². The Morgan fingerprint density at radius 1 is 1.24 bits per heavy atom. The number of carbonyl (C=O) groups excluding carboxylic acids is 1. The zero-order valence-electron chi connectivity index (χ0n) is 11.6. The number of anilines is 2. The van der Waals surface area contributed by atoms with Gasteiger partial charge >= 0.3 is 0 Å². The summed E-state index contributed by atoms with van der Waals surface area (Å²) in [6, 6.07) is 8.92. The van der Waals surface area contributed by atoms with E-state index >= 15 is 0 Å². The Bertz CT molecular complexity index is 671. The minimum Gasteiger partial charge on any atom is -0.396 e. The Labute approximate surface area is 121 Å². The van der Waals surface area contributed by atoms with E-state index in [4.69, 9.17) is 5.73 Å². The van der Waals surface area contributed by atoms with Crippen LogP contribution in [0.1, 0.15) is 29.3 Å². The number of hydrogen-bond donors (Lipinski definition) is 2. The van der Waals surface area contributed by atoms with Gasteiger partial charge in [0.25, 0.3) is 5.91 Å². The Hall–Kier alpha value is -2.43. The molecule has 0 saturated carbocycles. The van der Waals surface area contributed by atoms with Crippen LogP contribution >= 0.6 is 0 Å². The minimum atomic E-state index is -0.915. The van der Waals surface area contributed by atoms with E-state index in [1.807, 2.05) is 19.1 Å². The second-order valence-corrected chi connectivity index (χ2v) is 4.72. The molecule has 0 fully saturated rings. The highest BCUT2D eigenvalue weighted by molar-refractivity contribution is 6.05. The van der Waals surface area contributed by atoms with Crippen molar-refractivity contribution in [1.82, 2.24) is 0 Å². The fourth-order valence-corrected chi connectivity index (χ4v) is 2.09. The summed E-state index contributed by atoms with van der Waals surface area (Å²) in [6.07, 6.45) is 1.69. The summed E-state index contributed by atoms with van der Waals surface area (Å²) in [7, 11) is 0. The molecule has 1 amide bonds. The quantitative estimate of drug-likeness (QED) is 0.842. The number of benzene rings is 2. The van der Waals surface area contributed by atoms with Gasteiger partial charge < -0.3 is 11.1 Å². The van der Waals surface area contributed by atoms with Crippen LogP contribution in [0.3, 0.4) is 0 Å². The van der Waals surface area contributed by atoms with E-state index in [0.29, 0.717) is 5.69 Å². The zero-order valence-corrected chi connectivity index (χ0v) is 11.6. The molecule has 2 rings (SSSR count). The maximum atomic E-state index is 13.8. The van der Waals surface area contributed by atoms with E-state index in [1.165, 1.54) is 0 Å². The third kappa shape index (κ3) is 3.37. The van der Waals surface area contributed by atoms with Crippen LogP contribution in [-0.4, -0.2) is 5.91 Å². The van der Waals surface area contributed by atoms with Gasteiger partial charge in [-0.3, -0.25) is 4.79 Å². The molecule has 0 aliphatic rings. The minimum absolute atomic E-state index is 0.387. The lowest BCUT2D eigenvalue weighted by molar-refractivity contribution is 0.102. The molecule has 0 unspecified atom stereocenters. The average Bonchev–Trinajstić information content (AvgIpc) is 2.45. The van der Waals surface area contributed by atoms with E-state index in [2.05, 4.69) is 5.32 Å². The highest BCUT2D eigenvalue weighted by Gasteiger charge is 2.17. The molecule has 2 aromatic rings. The first-order chi connectivity index (χ1) is 10.0. The summed E-state index contributed by atoms with van der Waals surface area (Å²) in [5.41, 5.74) is 6.08. The van der Waals surface area contributed by atoms with Crippen LogP contribution in [0, 0.1) is 11.6 Å². The molecule has 0 saturated heterocycles. The number of aryl methyl sites for hydroxylation is 1. The number of halogens is 2. The summed E-state index contributed by atoms with van der Waals surface area (Å²) in [5.74, 6) is -2.38. The van der Waals surface area contributed by atoms with E-state index in [-0.39, 0.29) is 5.69 Å². The molecule has 3 nitrogen and oxygen atoms in total. The van der Waals surface area contributed by atoms with Crippen LogP contribution in [0.4, 0.5) is 20.2 Å². The lowest BCUT2D eigenvalue weighted by Crippen LogP contribution is -2.16. The molecule has 0 heterocycles. The largest absolute Gasteiger partial charge is 0.396 e. The lowest BCUT2D eigenvalue weighted by atomic mass is 10.1. The average molecular weight is 290 g/mol. The fourth-order valence-electron chi connectivity index (χ4n) is 2.09. The van der Waals surface area contributed by atoms with Gasteiger partial charge in [0.15, 0.2) is 5.82 Å². The van der Waals surface area contributed by atoms with Gasteiger partial charge in [0.2, 0.25) is 0 Å². The van der Waals surface area contributed by atoms with Gasteiger partial charge in [-0.2, -0.15) is 0 Å². The van der Waals surface area contributed by atoms with Crippen LogP contribution in [-0.2, 0) is 6.42 Å². The van der Waals surface area contributed by atoms with E-state index in [1.54, 1.807) is 12.1 Å². The Morgan fingerprint density at radius 2 is 1.95 bits per heavy atom. The van der Waals surface area contributed by atoms with Crippen molar-refractivity contribution in [2.24, 2.45) is 0 Å². The van der Waals surface area contributed by atoms with Crippen LogP contribution in [0.2, 0.25) is 0 Å². The van der Waals surface area contributed by atoms with Crippen LogP contribution < -0.4 is 11.1 Å². The van der Waals surface area contributed by atoms with Crippen molar-refractivity contribution in [2.45, 2.75) is 19.8 Å². The predicted octanol–water partition coefficient (Wildman–Crippen LogP) is 3.75. The molecule has 0 aromatic heterocycles. The molecule has 3 N–H and O–H groups in total. The number of nitrogens with two attached hydrogens (primary N) is 1. The van der Waals surface area contributed by atoms with Gasteiger partial charge in [0, 0.05) is 5.69 Å². The summed E-state index contributed by atoms with van der Waals surface area (Å²) in [6.45, 7) is 2.02. The molecule has 21 heavy (non-hydrogen) atoms. The number of carbonyl (C=O) groups is 1. The first kappa shape index (κ1) is 15.0. The number of hydrogen-bond acceptors (Lipinski definition) is 2. The number of amides is 1. The second-order valence-electron chi connectivity index (χ2n) is 4.72. The first-order valence-electron chi connectivity index (χ1n) is 6.66. The van der Waals surface area contributed by atoms with Gasteiger partial charge in [-0.1, -0.05) is 31.5 Å². The summed E-state index contributed by atoms with van der Waals surface area (Å²) < 4.78 is 27.1. The standard InChI is InChI=1S/C16H16F2N2O/c1-2-5-10-6-3-4-7-14(10)20-16(21)12-8-11(17)9-13(19)15(12)18/h3-4,6-9H,2,5,19H2,1H3,(H,20,21). The highest BCUT2D eigenvalue weighted by Crippen LogP contribution is 2.21. The van der Waals surface area contributed by atoms with Gasteiger partial charge in [0.1, 0.15) is 5.82 Å². The van der Waals surface area contributed by atoms with Gasteiger partial charge in [-0.05, 0) is 30.2 Å². The van der Waals surface area contributed by atoms with Crippen LogP contribution in [0.5, 0.6) is 0 Å². The predicted molar refractivity (Wildman–Crippen MR) is 79.2 cm³/mol. The zero-order chi connectivity index (χ0) is 15.4. The first-order valence-corrected chi connectivity index (χ1v) is 6.66. The molecule has 0 atom stereocenters. The summed E-state index contributed by atoms with van der Waals surface area (Å²) in [5, 5.41) is 2.61. The van der Waals surface area contributed by atoms with Gasteiger partial charge in [-0.25, -0.2) is 8.78 Å². The molecule has 0 radical (unpaired) electrons. The Balaban J connectivity index is 2.31. The lowest BCUT2D eigenvalue weighted by Gasteiger charge is -2.11. The number of rotatable bonds is 4. The summed E-state index contributed by atoms with van der Waals surface area (Å²) in [4.78, 5) is 12.1. The van der Waals surface area contributed by atoms with Crippen molar-refractivity contribution in [2.75, 3.05) is 11.1 Å². The smallest absolute Gasteiger partial charge is 0.258 e. The highest BCUT2D eigenvalue weighted by atomic mass is 19.1. The fraction of sp³-hybridized carbons (Fsp3) is 0.188. The second kappa shape index (κ2) is 6.35. The van der Waals surface area contributed by atoms with Crippen LogP contribution in [0.15, 0.2) is 36.4 Å². The third-order valence-electron chi connectivity index (χ3n) is 3.10. The van der Waals surface area contributed by atoms with Gasteiger partial charge in [-0.15, -0.1) is 0 Å². The molecule has 0 aliphatic heterocycles. The molecular formula is C16H16F2N2O. The molecule has 2 aromatic carbocycles. The monoisotopic (exact) mass is 290 g/mol. The number of nitrogen functional groups attached to an aromatic ring is 1. The molecular weight excluding hydrogens is 274 g/mol. The Kier molecular flexibility index (Phi) is 4.52. The van der Waals surface area contributed by atoms with Crippen molar-refractivity contribution < 1.29 is 13.6 Å². The van der Waals surface area contributed by atoms with Crippen molar-refractivity contribution in [3.05, 3.63) is 59.2 Å². The van der Waals surface area contributed by atoms with Crippen molar-refractivity contribution in [3.8, 4) is 0 Å². The maximum Gasteiger partial charge on any atom is 0.258 e. The van der Waals surface area contributed by atoms with E-state index in [9.17, 15) is 13.6 Å². The SMILES string of the molecule is CCCc1ccccc1NC(=O)c1cc(F)cc(N)c1F. The third-order valence-corrected chi connectivity index (χ3v) is 3.10. The van der Waals surface area contributed by atoms with E-state index in [0.717, 1.165) is 30.5 Å². The van der Waals surface area contributed by atoms with Crippen molar-refractivity contribution in [3.63, 3.8) is 0 Å². The maximum absolute atomic E-state index is 13.8. The Morgan fingerprint density at radius 3 is 2.67 bits per heavy atom. The number of nitrogens with one attached hydrogen (secondary N) is 1. The molecule has 5 heteroatoms. The topological polar surface area (TPSA) is 55.1 Å². The van der Waals surface area contributed by atoms with Crippen LogP contribution in [0.25, 0.3) is 0 Å². The summed E-state index contributed by atoms with van der Waals surface area (Å²) >= 11 is 0.